The van der Waals surface area contributed by atoms with Gasteiger partial charge in [-0.25, -0.2) is 0 Å². The Kier molecular flexibility index (Phi) is 6.74. The highest BCUT2D eigenvalue weighted by Gasteiger charge is 2.12. The Labute approximate surface area is 171 Å². The summed E-state index contributed by atoms with van der Waals surface area (Å²) in [6.45, 7) is 4.50. The molecule has 0 bridgehead atoms. The highest BCUT2D eigenvalue weighted by molar-refractivity contribution is 6.06. The summed E-state index contributed by atoms with van der Waals surface area (Å²) in [7, 11) is 0. The molecule has 0 saturated carbocycles. The number of amides is 2. The van der Waals surface area contributed by atoms with E-state index >= 15 is 0 Å². The van der Waals surface area contributed by atoms with Crippen LogP contribution in [0.5, 0.6) is 0 Å². The van der Waals surface area contributed by atoms with E-state index in [-0.39, 0.29) is 17.5 Å². The maximum absolute atomic E-state index is 12.6. The van der Waals surface area contributed by atoms with Gasteiger partial charge in [-0.2, -0.15) is 0 Å². The van der Waals surface area contributed by atoms with Gasteiger partial charge in [-0.15, -0.1) is 0 Å². The van der Waals surface area contributed by atoms with Crippen molar-refractivity contribution in [2.75, 3.05) is 11.9 Å². The first-order valence-electron chi connectivity index (χ1n) is 9.70. The van der Waals surface area contributed by atoms with Crippen molar-refractivity contribution in [3.8, 4) is 0 Å². The number of carbonyl (C=O) groups excluding carboxylic acids is 2. The largest absolute Gasteiger partial charge is 0.351 e. The van der Waals surface area contributed by atoms with Crippen LogP contribution in [0.15, 0.2) is 66.9 Å². The van der Waals surface area contributed by atoms with E-state index in [1.165, 1.54) is 17.8 Å². The first-order chi connectivity index (χ1) is 14.0. The van der Waals surface area contributed by atoms with Crippen molar-refractivity contribution in [2.24, 2.45) is 0 Å². The molecule has 0 atom stereocenters. The molecule has 29 heavy (non-hydrogen) atoms. The zero-order valence-electron chi connectivity index (χ0n) is 16.7. The maximum atomic E-state index is 12.6. The Morgan fingerprint density at radius 2 is 1.72 bits per heavy atom. The van der Waals surface area contributed by atoms with Gasteiger partial charge in [0.05, 0.1) is 0 Å². The molecule has 0 radical (unpaired) electrons. The van der Waals surface area contributed by atoms with Gasteiger partial charge in [-0.05, 0) is 56.0 Å². The van der Waals surface area contributed by atoms with Crippen molar-refractivity contribution in [2.45, 2.75) is 26.7 Å². The number of carbonyl (C=O) groups is 2. The topological polar surface area (TPSA) is 71.1 Å². The number of pyridine rings is 1. The zero-order chi connectivity index (χ0) is 20.6. The molecule has 0 aliphatic carbocycles. The van der Waals surface area contributed by atoms with Crippen LogP contribution < -0.4 is 10.6 Å². The van der Waals surface area contributed by atoms with Crippen LogP contribution >= 0.6 is 0 Å². The number of nitrogens with zero attached hydrogens (tertiary/aromatic N) is 1. The van der Waals surface area contributed by atoms with Crippen LogP contribution in [0.1, 0.15) is 44.0 Å². The normalized spacial score (nSPS) is 10.4. The molecule has 0 aliphatic heterocycles. The SMILES string of the molecule is Cc1ccc(NC(=O)c2ccnc(C(=O)NCCCc3ccccc3)c2)c(C)c1. The molecule has 2 N–H and O–H groups in total. The summed E-state index contributed by atoms with van der Waals surface area (Å²) in [5, 5.41) is 5.76. The average Bonchev–Trinajstić information content (AvgIpc) is 2.74. The number of nitrogens with one attached hydrogen (secondary N) is 2. The van der Waals surface area contributed by atoms with Crippen LogP contribution in [0.25, 0.3) is 0 Å². The van der Waals surface area contributed by atoms with Crippen LogP contribution in [-0.4, -0.2) is 23.3 Å². The lowest BCUT2D eigenvalue weighted by atomic mass is 10.1. The van der Waals surface area contributed by atoms with E-state index in [1.807, 2.05) is 50.2 Å². The van der Waals surface area contributed by atoms with Gasteiger partial charge < -0.3 is 10.6 Å². The number of anilines is 1. The molecule has 1 aromatic heterocycles. The molecule has 5 heteroatoms. The van der Waals surface area contributed by atoms with E-state index in [0.717, 1.165) is 29.7 Å². The molecule has 0 spiro atoms. The summed E-state index contributed by atoms with van der Waals surface area (Å²) in [6.07, 6.45) is 3.21. The van der Waals surface area contributed by atoms with E-state index in [2.05, 4.69) is 27.8 Å². The molecule has 5 nitrogen and oxygen atoms in total. The number of aromatic nitrogens is 1. The molecular formula is C24H25N3O2. The lowest BCUT2D eigenvalue weighted by Gasteiger charge is -2.10. The van der Waals surface area contributed by atoms with Crippen LogP contribution in [0.2, 0.25) is 0 Å². The van der Waals surface area contributed by atoms with Crippen LogP contribution in [-0.2, 0) is 6.42 Å². The summed E-state index contributed by atoms with van der Waals surface area (Å²) in [6, 6.07) is 19.1. The van der Waals surface area contributed by atoms with E-state index in [4.69, 9.17) is 0 Å². The Morgan fingerprint density at radius 1 is 0.931 bits per heavy atom. The van der Waals surface area contributed by atoms with Gasteiger partial charge in [0.2, 0.25) is 0 Å². The molecule has 0 aliphatic rings. The highest BCUT2D eigenvalue weighted by Crippen LogP contribution is 2.17. The van der Waals surface area contributed by atoms with E-state index in [0.29, 0.717) is 12.1 Å². The van der Waals surface area contributed by atoms with Crippen LogP contribution in [0.3, 0.4) is 0 Å². The maximum Gasteiger partial charge on any atom is 0.269 e. The molecule has 2 aromatic carbocycles. The quantitative estimate of drug-likeness (QED) is 0.593. The summed E-state index contributed by atoms with van der Waals surface area (Å²) in [5.74, 6) is -0.545. The summed E-state index contributed by atoms with van der Waals surface area (Å²) in [4.78, 5) is 29.1. The molecule has 148 valence electrons. The number of hydrogen-bond acceptors (Lipinski definition) is 3. The fourth-order valence-corrected chi connectivity index (χ4v) is 3.07. The number of rotatable bonds is 7. The first-order valence-corrected chi connectivity index (χ1v) is 9.70. The van der Waals surface area contributed by atoms with E-state index < -0.39 is 0 Å². The summed E-state index contributed by atoms with van der Waals surface area (Å²) >= 11 is 0. The lowest BCUT2D eigenvalue weighted by molar-refractivity contribution is 0.0948. The highest BCUT2D eigenvalue weighted by atomic mass is 16.2. The van der Waals surface area contributed by atoms with Gasteiger partial charge in [0.1, 0.15) is 5.69 Å². The Hall–Kier alpha value is -3.47. The van der Waals surface area contributed by atoms with Gasteiger partial charge in [-0.1, -0.05) is 48.0 Å². The van der Waals surface area contributed by atoms with Gasteiger partial charge in [0.15, 0.2) is 0 Å². The monoisotopic (exact) mass is 387 g/mol. The van der Waals surface area contributed by atoms with Gasteiger partial charge in [-0.3, -0.25) is 14.6 Å². The second-order valence-electron chi connectivity index (χ2n) is 7.05. The predicted molar refractivity (Wildman–Crippen MR) is 115 cm³/mol. The Bertz CT molecular complexity index is 1000. The van der Waals surface area contributed by atoms with Crippen molar-refractivity contribution in [3.63, 3.8) is 0 Å². The third-order valence-corrected chi connectivity index (χ3v) is 4.66. The molecule has 1 heterocycles. The Morgan fingerprint density at radius 3 is 2.48 bits per heavy atom. The molecule has 2 amide bonds. The third-order valence-electron chi connectivity index (χ3n) is 4.66. The smallest absolute Gasteiger partial charge is 0.269 e. The molecule has 3 aromatic rings. The molecule has 0 fully saturated rings. The first kappa shape index (κ1) is 20.3. The van der Waals surface area contributed by atoms with Crippen LogP contribution in [0, 0.1) is 13.8 Å². The summed E-state index contributed by atoms with van der Waals surface area (Å²) in [5.41, 5.74) is 4.75. The minimum Gasteiger partial charge on any atom is -0.351 e. The van der Waals surface area contributed by atoms with Crippen molar-refractivity contribution < 1.29 is 9.59 Å². The predicted octanol–water partition coefficient (Wildman–Crippen LogP) is 4.31. The average molecular weight is 387 g/mol. The van der Waals surface area contributed by atoms with E-state index in [9.17, 15) is 9.59 Å². The molecule has 0 saturated heterocycles. The van der Waals surface area contributed by atoms with Crippen molar-refractivity contribution >= 4 is 17.5 Å². The Balaban J connectivity index is 1.56. The minimum absolute atomic E-state index is 0.234. The third kappa shape index (κ3) is 5.75. The molecular weight excluding hydrogens is 362 g/mol. The second-order valence-corrected chi connectivity index (χ2v) is 7.05. The van der Waals surface area contributed by atoms with Crippen LogP contribution in [0.4, 0.5) is 5.69 Å². The van der Waals surface area contributed by atoms with Crippen molar-refractivity contribution in [1.29, 1.82) is 0 Å². The molecule has 0 unspecified atom stereocenters. The standard InChI is InChI=1S/C24H25N3O2/c1-17-10-11-21(18(2)15-17)27-23(28)20-12-14-25-22(16-20)24(29)26-13-6-9-19-7-4-3-5-8-19/h3-5,7-8,10-12,14-16H,6,9,13H2,1-2H3,(H,26,29)(H,27,28). The number of aryl methyl sites for hydroxylation is 3. The second kappa shape index (κ2) is 9.64. The van der Waals surface area contributed by atoms with Crippen molar-refractivity contribution in [3.05, 3.63) is 94.8 Å². The van der Waals surface area contributed by atoms with E-state index in [1.54, 1.807) is 6.07 Å². The molecule has 3 rings (SSSR count). The van der Waals surface area contributed by atoms with Gasteiger partial charge in [0, 0.05) is 24.0 Å². The van der Waals surface area contributed by atoms with Crippen molar-refractivity contribution in [1.82, 2.24) is 10.3 Å². The zero-order valence-corrected chi connectivity index (χ0v) is 16.7. The fraction of sp³-hybridized carbons (Fsp3) is 0.208. The minimum atomic E-state index is -0.278. The van der Waals surface area contributed by atoms with Gasteiger partial charge in [0.25, 0.3) is 11.8 Å². The number of hydrogen-bond donors (Lipinski definition) is 2. The summed E-state index contributed by atoms with van der Waals surface area (Å²) < 4.78 is 0. The lowest BCUT2D eigenvalue weighted by Crippen LogP contribution is -2.26. The number of benzene rings is 2. The fourth-order valence-electron chi connectivity index (χ4n) is 3.07. The van der Waals surface area contributed by atoms with Gasteiger partial charge >= 0.3 is 0 Å².